The molecule has 3 heterocycles. The summed E-state index contributed by atoms with van der Waals surface area (Å²) in [4.78, 5) is 33.5. The van der Waals surface area contributed by atoms with Gasteiger partial charge in [-0.2, -0.15) is 0 Å². The summed E-state index contributed by atoms with van der Waals surface area (Å²) >= 11 is 1.21. The molecule has 0 saturated carbocycles. The quantitative estimate of drug-likeness (QED) is 0.195. The Bertz CT molecular complexity index is 1730. The fourth-order valence-corrected chi connectivity index (χ4v) is 4.80. The van der Waals surface area contributed by atoms with E-state index in [0.29, 0.717) is 33.3 Å². The Balaban J connectivity index is 1.62. The van der Waals surface area contributed by atoms with Gasteiger partial charge < -0.3 is 15.5 Å². The average Bonchev–Trinajstić information content (AvgIpc) is 3.38. The second-order valence-corrected chi connectivity index (χ2v) is 9.20. The molecule has 0 amide bonds. The SMILES string of the molecule is CC(Nc1ncnc(N)c1C(=N)c1csc(C=O)c1)c1oc2ccccc2c(=O)c1-c1cccc(F)c1. The predicted molar refractivity (Wildman–Crippen MR) is 142 cm³/mol. The van der Waals surface area contributed by atoms with Crippen molar-refractivity contribution in [2.24, 2.45) is 0 Å². The van der Waals surface area contributed by atoms with Crippen molar-refractivity contribution in [1.29, 1.82) is 5.41 Å². The second-order valence-electron chi connectivity index (χ2n) is 8.26. The van der Waals surface area contributed by atoms with E-state index in [2.05, 4.69) is 15.3 Å². The largest absolute Gasteiger partial charge is 0.458 e. The highest BCUT2D eigenvalue weighted by atomic mass is 32.1. The molecule has 4 N–H and O–H groups in total. The van der Waals surface area contributed by atoms with Gasteiger partial charge in [-0.25, -0.2) is 14.4 Å². The molecule has 0 aliphatic rings. The zero-order valence-corrected chi connectivity index (χ0v) is 20.3. The molecule has 5 aromatic rings. The Morgan fingerprint density at radius 1 is 1.19 bits per heavy atom. The van der Waals surface area contributed by atoms with Gasteiger partial charge in [0.05, 0.1) is 33.1 Å². The first-order chi connectivity index (χ1) is 17.9. The van der Waals surface area contributed by atoms with Gasteiger partial charge in [-0.3, -0.25) is 15.0 Å². The zero-order valence-electron chi connectivity index (χ0n) is 19.5. The van der Waals surface area contributed by atoms with E-state index >= 15 is 0 Å². The number of hydrogen-bond donors (Lipinski definition) is 3. The molecule has 8 nitrogen and oxygen atoms in total. The molecule has 0 spiro atoms. The van der Waals surface area contributed by atoms with Gasteiger partial charge in [0.2, 0.25) is 5.43 Å². The fourth-order valence-electron chi connectivity index (χ4n) is 4.10. The number of halogens is 1. The summed E-state index contributed by atoms with van der Waals surface area (Å²) in [5, 5.41) is 13.9. The summed E-state index contributed by atoms with van der Waals surface area (Å²) in [5.74, 6) is 0.0906. The number of carbonyl (C=O) groups excluding carboxylic acids is 1. The van der Waals surface area contributed by atoms with Crippen LogP contribution in [0.3, 0.4) is 0 Å². The number of nitrogens with two attached hydrogens (primary N) is 1. The molecule has 0 aliphatic heterocycles. The number of fused-ring (bicyclic) bond motifs is 1. The average molecular weight is 514 g/mol. The number of anilines is 2. The van der Waals surface area contributed by atoms with Gasteiger partial charge in [0.1, 0.15) is 35.1 Å². The van der Waals surface area contributed by atoms with Gasteiger partial charge in [0.15, 0.2) is 6.29 Å². The lowest BCUT2D eigenvalue weighted by Crippen LogP contribution is -2.18. The van der Waals surface area contributed by atoms with Crippen molar-refractivity contribution in [2.75, 3.05) is 11.1 Å². The fraction of sp³-hybridized carbons (Fsp3) is 0.0741. The van der Waals surface area contributed by atoms with E-state index in [-0.39, 0.29) is 39.7 Å². The van der Waals surface area contributed by atoms with Gasteiger partial charge in [-0.1, -0.05) is 24.3 Å². The van der Waals surface area contributed by atoms with Crippen molar-refractivity contribution >= 4 is 45.9 Å². The van der Waals surface area contributed by atoms with E-state index in [1.165, 1.54) is 35.9 Å². The number of para-hydroxylation sites is 1. The first-order valence-electron chi connectivity index (χ1n) is 11.2. The normalized spacial score (nSPS) is 11.8. The minimum Gasteiger partial charge on any atom is -0.458 e. The number of thiophene rings is 1. The van der Waals surface area contributed by atoms with Crippen LogP contribution in [0.2, 0.25) is 0 Å². The standard InChI is InChI=1S/C27H20FN5O3S/c1-14(33-27-22(26(30)31-13-32-27)23(29)16-10-18(11-34)37-12-16)25-21(15-5-4-6-17(28)9-15)24(35)19-7-2-3-8-20(19)36-25/h2-14,29H,1H3,(H3,30,31,32,33). The summed E-state index contributed by atoms with van der Waals surface area (Å²) in [6.45, 7) is 1.76. The molecule has 37 heavy (non-hydrogen) atoms. The lowest BCUT2D eigenvalue weighted by Gasteiger charge is -2.20. The molecule has 0 fully saturated rings. The Kier molecular flexibility index (Phi) is 6.33. The number of nitrogen functional groups attached to an aromatic ring is 1. The molecule has 184 valence electrons. The number of aldehydes is 1. The molecule has 0 saturated heterocycles. The minimum atomic E-state index is -0.649. The number of nitrogens with one attached hydrogen (secondary N) is 2. The van der Waals surface area contributed by atoms with Gasteiger partial charge >= 0.3 is 0 Å². The second kappa shape index (κ2) is 9.75. The topological polar surface area (TPSA) is 135 Å². The third-order valence-electron chi connectivity index (χ3n) is 5.84. The summed E-state index contributed by atoms with van der Waals surface area (Å²) in [5.41, 5.74) is 7.56. The van der Waals surface area contributed by atoms with E-state index in [1.807, 2.05) is 0 Å². The van der Waals surface area contributed by atoms with Crippen LogP contribution < -0.4 is 16.5 Å². The van der Waals surface area contributed by atoms with Crippen molar-refractivity contribution in [2.45, 2.75) is 13.0 Å². The van der Waals surface area contributed by atoms with Gasteiger partial charge in [0.25, 0.3) is 0 Å². The maximum absolute atomic E-state index is 14.1. The van der Waals surface area contributed by atoms with Crippen molar-refractivity contribution in [3.8, 4) is 11.1 Å². The number of rotatable bonds is 7. The summed E-state index contributed by atoms with van der Waals surface area (Å²) in [6.07, 6.45) is 1.97. The first kappa shape index (κ1) is 24.0. The van der Waals surface area contributed by atoms with E-state index in [1.54, 1.807) is 48.7 Å². The third kappa shape index (κ3) is 4.50. The van der Waals surface area contributed by atoms with Crippen molar-refractivity contribution in [1.82, 2.24) is 9.97 Å². The monoisotopic (exact) mass is 513 g/mol. The van der Waals surface area contributed by atoms with Crippen LogP contribution in [0.5, 0.6) is 0 Å². The molecule has 5 rings (SSSR count). The highest BCUT2D eigenvalue weighted by molar-refractivity contribution is 7.12. The third-order valence-corrected chi connectivity index (χ3v) is 6.69. The molecule has 1 unspecified atom stereocenters. The summed E-state index contributed by atoms with van der Waals surface area (Å²) in [6, 6.07) is 13.5. The molecule has 0 radical (unpaired) electrons. The molecule has 10 heteroatoms. The molecule has 0 aliphatic carbocycles. The van der Waals surface area contributed by atoms with Crippen LogP contribution in [0.25, 0.3) is 22.1 Å². The Labute approximate surface area is 214 Å². The maximum Gasteiger partial charge on any atom is 0.200 e. The number of nitrogens with zero attached hydrogens (tertiary/aromatic N) is 2. The summed E-state index contributed by atoms with van der Waals surface area (Å²) < 4.78 is 20.3. The van der Waals surface area contributed by atoms with Gasteiger partial charge in [-0.05, 0) is 42.8 Å². The predicted octanol–water partition coefficient (Wildman–Crippen LogP) is 5.43. The van der Waals surface area contributed by atoms with Crippen LogP contribution in [0, 0.1) is 11.2 Å². The smallest absolute Gasteiger partial charge is 0.200 e. The van der Waals surface area contributed by atoms with Crippen LogP contribution in [0.15, 0.2) is 75.5 Å². The van der Waals surface area contributed by atoms with Crippen LogP contribution in [0.4, 0.5) is 16.0 Å². The Morgan fingerprint density at radius 2 is 2.00 bits per heavy atom. The van der Waals surface area contributed by atoms with Crippen molar-refractivity contribution < 1.29 is 13.6 Å². The van der Waals surface area contributed by atoms with Crippen molar-refractivity contribution in [3.63, 3.8) is 0 Å². The van der Waals surface area contributed by atoms with Crippen LogP contribution >= 0.6 is 11.3 Å². The van der Waals surface area contributed by atoms with Gasteiger partial charge in [0, 0.05) is 10.9 Å². The summed E-state index contributed by atoms with van der Waals surface area (Å²) in [7, 11) is 0. The van der Waals surface area contributed by atoms with Crippen molar-refractivity contribution in [3.05, 3.63) is 104 Å². The molecular weight excluding hydrogens is 493 g/mol. The maximum atomic E-state index is 14.1. The van der Waals surface area contributed by atoms with E-state index in [0.717, 1.165) is 0 Å². The van der Waals surface area contributed by atoms with Crippen LogP contribution in [-0.2, 0) is 0 Å². The van der Waals surface area contributed by atoms with E-state index < -0.39 is 11.9 Å². The number of aromatic nitrogens is 2. The van der Waals surface area contributed by atoms with Gasteiger partial charge in [-0.15, -0.1) is 11.3 Å². The van der Waals surface area contributed by atoms with E-state index in [4.69, 9.17) is 15.6 Å². The van der Waals surface area contributed by atoms with Crippen LogP contribution in [0.1, 0.15) is 39.5 Å². The highest BCUT2D eigenvalue weighted by Gasteiger charge is 2.24. The zero-order chi connectivity index (χ0) is 26.1. The molecule has 3 aromatic heterocycles. The first-order valence-corrected chi connectivity index (χ1v) is 12.1. The van der Waals surface area contributed by atoms with E-state index in [9.17, 15) is 14.0 Å². The number of benzene rings is 2. The Hall–Kier alpha value is -4.70. The molecular formula is C27H20FN5O3S. The minimum absolute atomic E-state index is 0.0301. The number of hydrogen-bond acceptors (Lipinski definition) is 9. The lowest BCUT2D eigenvalue weighted by molar-refractivity contribution is 0.112. The molecule has 1 atom stereocenters. The van der Waals surface area contributed by atoms with Crippen LogP contribution in [-0.4, -0.2) is 22.0 Å². The Morgan fingerprint density at radius 3 is 2.76 bits per heavy atom. The highest BCUT2D eigenvalue weighted by Crippen LogP contribution is 2.32. The number of carbonyl (C=O) groups is 1. The molecule has 0 bridgehead atoms. The molecule has 2 aromatic carbocycles. The lowest BCUT2D eigenvalue weighted by atomic mass is 9.98.